The monoisotopic (exact) mass is 462 g/mol. The van der Waals surface area contributed by atoms with Crippen molar-refractivity contribution in [3.63, 3.8) is 0 Å². The van der Waals surface area contributed by atoms with Crippen molar-refractivity contribution in [2.24, 2.45) is 0 Å². The van der Waals surface area contributed by atoms with Crippen molar-refractivity contribution in [2.45, 2.75) is 30.7 Å². The molecule has 5 atom stereocenters. The van der Waals surface area contributed by atoms with Gasteiger partial charge in [0.2, 0.25) is 17.5 Å². The van der Waals surface area contributed by atoms with Crippen LogP contribution in [-0.4, -0.2) is 75.1 Å². The Morgan fingerprint density at radius 2 is 1.70 bits per heavy atom. The van der Waals surface area contributed by atoms with E-state index in [-0.39, 0.29) is 22.5 Å². The Balaban J connectivity index is 1.88. The fraction of sp³-hybridized carbons (Fsp3) is 0.318. The normalized spacial score (nSPS) is 25.2. The minimum atomic E-state index is -1.78. The van der Waals surface area contributed by atoms with Crippen molar-refractivity contribution < 1.29 is 49.3 Å². The summed E-state index contributed by atoms with van der Waals surface area (Å²) in [6.07, 6.45) is -8.07. The first-order valence-electron chi connectivity index (χ1n) is 9.89. The number of aromatic hydroxyl groups is 2. The van der Waals surface area contributed by atoms with Crippen LogP contribution in [-0.2, 0) is 4.74 Å². The van der Waals surface area contributed by atoms with E-state index >= 15 is 0 Å². The Morgan fingerprint density at radius 1 is 1.00 bits per heavy atom. The van der Waals surface area contributed by atoms with Crippen molar-refractivity contribution in [3.8, 4) is 34.3 Å². The van der Waals surface area contributed by atoms with Gasteiger partial charge in [-0.05, 0) is 24.3 Å². The van der Waals surface area contributed by atoms with E-state index in [2.05, 4.69) is 0 Å². The zero-order valence-corrected chi connectivity index (χ0v) is 17.3. The summed E-state index contributed by atoms with van der Waals surface area (Å²) in [6, 6.07) is 8.40. The van der Waals surface area contributed by atoms with Crippen molar-refractivity contribution >= 4 is 11.0 Å². The van der Waals surface area contributed by atoms with Crippen LogP contribution in [0.15, 0.2) is 45.6 Å². The van der Waals surface area contributed by atoms with Crippen LogP contribution in [0.25, 0.3) is 22.3 Å². The fourth-order valence-corrected chi connectivity index (χ4v) is 3.59. The number of hydrogen-bond acceptors (Lipinski definition) is 11. The average molecular weight is 462 g/mol. The van der Waals surface area contributed by atoms with Gasteiger partial charge in [-0.1, -0.05) is 0 Å². The van der Waals surface area contributed by atoms with Gasteiger partial charge in [0.05, 0.1) is 13.7 Å². The highest BCUT2D eigenvalue weighted by molar-refractivity contribution is 5.88. The molecule has 1 saturated heterocycles. The predicted octanol–water partition coefficient (Wildman–Crippen LogP) is 0.0585. The Morgan fingerprint density at radius 3 is 2.33 bits per heavy atom. The fourth-order valence-electron chi connectivity index (χ4n) is 3.59. The summed E-state index contributed by atoms with van der Waals surface area (Å²) in [5.41, 5.74) is -0.641. The smallest absolute Gasteiger partial charge is 0.239 e. The van der Waals surface area contributed by atoms with Crippen molar-refractivity contribution in [1.82, 2.24) is 0 Å². The highest BCUT2D eigenvalue weighted by Crippen LogP contribution is 2.37. The van der Waals surface area contributed by atoms with E-state index < -0.39 is 54.2 Å². The van der Waals surface area contributed by atoms with E-state index in [1.165, 1.54) is 7.11 Å². The first-order valence-corrected chi connectivity index (χ1v) is 9.89. The van der Waals surface area contributed by atoms with Crippen molar-refractivity contribution in [2.75, 3.05) is 13.7 Å². The minimum absolute atomic E-state index is 0.128. The number of phenolic OH excluding ortho intramolecular Hbond substituents is 2. The quantitative estimate of drug-likeness (QED) is 0.302. The number of aliphatic hydroxyl groups is 4. The third-order valence-electron chi connectivity index (χ3n) is 5.35. The molecule has 0 saturated carbocycles. The highest BCUT2D eigenvalue weighted by atomic mass is 16.7. The van der Waals surface area contributed by atoms with Crippen LogP contribution in [0.4, 0.5) is 0 Å². The molecule has 4 rings (SSSR count). The number of hydrogen-bond donors (Lipinski definition) is 6. The van der Waals surface area contributed by atoms with E-state index in [9.17, 15) is 35.4 Å². The molecular formula is C22H22O11. The van der Waals surface area contributed by atoms with Gasteiger partial charge in [0.15, 0.2) is 5.76 Å². The van der Waals surface area contributed by atoms with Gasteiger partial charge in [-0.15, -0.1) is 0 Å². The number of benzene rings is 2. The van der Waals surface area contributed by atoms with Crippen LogP contribution in [0.5, 0.6) is 23.0 Å². The SMILES string of the molecule is COc1ccc(-c2oc3cc(O)cc(O)c3c(=O)c2O[C@H]2O[C@H](CO)[C@@H](O)C(O)C2O)cc1. The van der Waals surface area contributed by atoms with Crippen LogP contribution >= 0.6 is 0 Å². The molecule has 6 N–H and O–H groups in total. The molecule has 11 heteroatoms. The maximum absolute atomic E-state index is 13.3. The molecular weight excluding hydrogens is 440 g/mol. The van der Waals surface area contributed by atoms with Crippen molar-refractivity contribution in [1.29, 1.82) is 0 Å². The second kappa shape index (κ2) is 8.89. The lowest BCUT2D eigenvalue weighted by atomic mass is 9.99. The van der Waals surface area contributed by atoms with Crippen LogP contribution in [0.3, 0.4) is 0 Å². The summed E-state index contributed by atoms with van der Waals surface area (Å²) in [4.78, 5) is 13.3. The Hall–Kier alpha value is -3.35. The molecule has 0 radical (unpaired) electrons. The molecule has 1 aliphatic rings. The topological polar surface area (TPSA) is 179 Å². The summed E-state index contributed by atoms with van der Waals surface area (Å²) in [7, 11) is 1.48. The first-order chi connectivity index (χ1) is 15.7. The van der Waals surface area contributed by atoms with Gasteiger partial charge in [-0.3, -0.25) is 4.79 Å². The molecule has 0 aliphatic carbocycles. The third kappa shape index (κ3) is 4.08. The molecule has 1 fully saturated rings. The molecule has 11 nitrogen and oxygen atoms in total. The van der Waals surface area contributed by atoms with Gasteiger partial charge in [-0.2, -0.15) is 0 Å². The van der Waals surface area contributed by atoms with Gasteiger partial charge >= 0.3 is 0 Å². The minimum Gasteiger partial charge on any atom is -0.508 e. The Labute approximate surface area is 186 Å². The highest BCUT2D eigenvalue weighted by Gasteiger charge is 2.45. The number of phenols is 2. The van der Waals surface area contributed by atoms with E-state index in [4.69, 9.17) is 18.6 Å². The molecule has 1 aliphatic heterocycles. The Bertz CT molecular complexity index is 1200. The number of aliphatic hydroxyl groups excluding tert-OH is 4. The van der Waals surface area contributed by atoms with Gasteiger partial charge in [-0.25, -0.2) is 0 Å². The zero-order chi connectivity index (χ0) is 23.9. The molecule has 0 amide bonds. The second-order valence-corrected chi connectivity index (χ2v) is 7.47. The lowest BCUT2D eigenvalue weighted by Gasteiger charge is -2.39. The maximum Gasteiger partial charge on any atom is 0.239 e. The third-order valence-corrected chi connectivity index (χ3v) is 5.35. The standard InChI is InChI=1S/C22H22O11/c1-30-11-4-2-9(3-5-11)20-21(17(27)15-12(25)6-10(24)7-13(15)31-20)33-22-19(29)18(28)16(26)14(8-23)32-22/h2-7,14,16,18-19,22-26,28-29H,8H2,1H3/t14-,16-,18?,19?,22-/m1/s1. The molecule has 0 spiro atoms. The number of methoxy groups -OCH3 is 1. The largest absolute Gasteiger partial charge is 0.508 e. The predicted molar refractivity (Wildman–Crippen MR) is 112 cm³/mol. The lowest BCUT2D eigenvalue weighted by molar-refractivity contribution is -0.277. The van der Waals surface area contributed by atoms with Gasteiger partial charge in [0.1, 0.15) is 52.6 Å². The second-order valence-electron chi connectivity index (χ2n) is 7.47. The van der Waals surface area contributed by atoms with Crippen LogP contribution in [0.2, 0.25) is 0 Å². The lowest BCUT2D eigenvalue weighted by Crippen LogP contribution is -2.60. The molecule has 2 aromatic carbocycles. The van der Waals surface area contributed by atoms with Gasteiger partial charge in [0.25, 0.3) is 0 Å². The molecule has 176 valence electrons. The molecule has 1 aromatic heterocycles. The molecule has 0 bridgehead atoms. The van der Waals surface area contributed by atoms with E-state index in [1.807, 2.05) is 0 Å². The van der Waals surface area contributed by atoms with Gasteiger partial charge in [0, 0.05) is 17.7 Å². The molecule has 2 heterocycles. The zero-order valence-electron chi connectivity index (χ0n) is 17.3. The molecule has 33 heavy (non-hydrogen) atoms. The summed E-state index contributed by atoms with van der Waals surface area (Å²) < 4.78 is 21.9. The maximum atomic E-state index is 13.3. The van der Waals surface area contributed by atoms with E-state index in [0.717, 1.165) is 12.1 Å². The van der Waals surface area contributed by atoms with Gasteiger partial charge < -0.3 is 49.3 Å². The Kier molecular flexibility index (Phi) is 6.15. The number of fused-ring (bicyclic) bond motifs is 1. The van der Waals surface area contributed by atoms with Crippen LogP contribution < -0.4 is 14.9 Å². The van der Waals surface area contributed by atoms with E-state index in [0.29, 0.717) is 11.3 Å². The first kappa shape index (κ1) is 22.8. The van der Waals surface area contributed by atoms with Crippen LogP contribution in [0.1, 0.15) is 0 Å². The van der Waals surface area contributed by atoms with E-state index in [1.54, 1.807) is 24.3 Å². The average Bonchev–Trinajstić information content (AvgIpc) is 2.80. The molecule has 2 unspecified atom stereocenters. The number of ether oxygens (including phenoxy) is 3. The summed E-state index contributed by atoms with van der Waals surface area (Å²) in [5, 5.41) is 59.5. The summed E-state index contributed by atoms with van der Waals surface area (Å²) >= 11 is 0. The summed E-state index contributed by atoms with van der Waals surface area (Å²) in [6.45, 7) is -0.692. The number of rotatable bonds is 5. The van der Waals surface area contributed by atoms with Crippen molar-refractivity contribution in [3.05, 3.63) is 46.6 Å². The van der Waals surface area contributed by atoms with Crippen LogP contribution in [0, 0.1) is 0 Å². The molecule has 3 aromatic rings. The summed E-state index contributed by atoms with van der Waals surface area (Å²) in [5.74, 6) is -0.992.